The van der Waals surface area contributed by atoms with E-state index >= 15 is 0 Å². The summed E-state index contributed by atoms with van der Waals surface area (Å²) < 4.78 is 0. The summed E-state index contributed by atoms with van der Waals surface area (Å²) >= 11 is 0. The number of halogens is 1. The van der Waals surface area contributed by atoms with Crippen LogP contribution in [0.15, 0.2) is 30.3 Å². The number of aliphatic carboxylic acids is 1. The van der Waals surface area contributed by atoms with Crippen LogP contribution in [-0.2, 0) is 11.3 Å². The molecule has 0 unspecified atom stereocenters. The third-order valence-corrected chi connectivity index (χ3v) is 4.71. The molecule has 3 atom stereocenters. The molecule has 0 spiro atoms. The molecule has 1 aliphatic carbocycles. The summed E-state index contributed by atoms with van der Waals surface area (Å²) in [4.78, 5) is 13.7. The topological polar surface area (TPSA) is 40.5 Å². The lowest BCUT2D eigenvalue weighted by Crippen LogP contribution is -2.41. The second-order valence-electron chi connectivity index (χ2n) is 5.86. The predicted octanol–water partition coefficient (Wildman–Crippen LogP) is 3.33. The predicted molar refractivity (Wildman–Crippen MR) is 81.0 cm³/mol. The monoisotopic (exact) mass is 295 g/mol. The zero-order valence-electron chi connectivity index (χ0n) is 11.6. The SMILES string of the molecule is Cl.O=C(O)[C@@H]1C[C@@H]2CCCC[C@@H]2N1Cc1ccccc1. The molecule has 1 aromatic rings. The van der Waals surface area contributed by atoms with Gasteiger partial charge in [-0.05, 0) is 30.7 Å². The standard InChI is InChI=1S/C16H21NO2.ClH/c18-16(19)15-10-13-8-4-5-9-14(13)17(15)11-12-6-2-1-3-7-12;/h1-3,6-7,13-15H,4-5,8-11H2,(H,18,19);1H/t13-,14-,15-;/m0./s1. The average Bonchev–Trinajstić information content (AvgIpc) is 2.79. The molecule has 1 saturated carbocycles. The van der Waals surface area contributed by atoms with Gasteiger partial charge in [0.2, 0.25) is 0 Å². The van der Waals surface area contributed by atoms with E-state index in [0.29, 0.717) is 12.0 Å². The minimum atomic E-state index is -0.648. The third kappa shape index (κ3) is 2.99. The Bertz CT molecular complexity index is 451. The third-order valence-electron chi connectivity index (χ3n) is 4.71. The van der Waals surface area contributed by atoms with E-state index in [9.17, 15) is 9.90 Å². The summed E-state index contributed by atoms with van der Waals surface area (Å²) in [5, 5.41) is 9.47. The number of hydrogen-bond acceptors (Lipinski definition) is 2. The number of nitrogens with zero attached hydrogens (tertiary/aromatic N) is 1. The van der Waals surface area contributed by atoms with Gasteiger partial charge < -0.3 is 5.11 Å². The van der Waals surface area contributed by atoms with Crippen molar-refractivity contribution < 1.29 is 9.90 Å². The molecule has 2 aliphatic rings. The molecule has 1 saturated heterocycles. The zero-order valence-corrected chi connectivity index (χ0v) is 12.4. The number of carboxylic acids is 1. The van der Waals surface area contributed by atoms with Crippen molar-refractivity contribution in [3.05, 3.63) is 35.9 Å². The lowest BCUT2D eigenvalue weighted by molar-refractivity contribution is -0.142. The van der Waals surface area contributed by atoms with Crippen molar-refractivity contribution in [2.45, 2.75) is 50.7 Å². The fraction of sp³-hybridized carbons (Fsp3) is 0.562. The van der Waals surface area contributed by atoms with Gasteiger partial charge in [-0.1, -0.05) is 43.2 Å². The van der Waals surface area contributed by atoms with Crippen LogP contribution in [0.1, 0.15) is 37.7 Å². The molecule has 0 bridgehead atoms. The molecule has 2 fully saturated rings. The first-order valence-electron chi connectivity index (χ1n) is 7.28. The molecule has 3 nitrogen and oxygen atoms in total. The molecular formula is C16H22ClNO2. The van der Waals surface area contributed by atoms with Crippen molar-refractivity contribution in [2.24, 2.45) is 5.92 Å². The first-order chi connectivity index (χ1) is 9.25. The van der Waals surface area contributed by atoms with Crippen molar-refractivity contribution in [1.29, 1.82) is 0 Å². The van der Waals surface area contributed by atoms with Crippen molar-refractivity contribution >= 4 is 18.4 Å². The van der Waals surface area contributed by atoms with E-state index < -0.39 is 5.97 Å². The van der Waals surface area contributed by atoms with Crippen LogP contribution in [0.2, 0.25) is 0 Å². The zero-order chi connectivity index (χ0) is 13.2. The number of carbonyl (C=O) groups is 1. The molecule has 0 aromatic heterocycles. The van der Waals surface area contributed by atoms with Crippen LogP contribution >= 0.6 is 12.4 Å². The van der Waals surface area contributed by atoms with Gasteiger partial charge >= 0.3 is 5.97 Å². The normalized spacial score (nSPS) is 29.5. The molecule has 20 heavy (non-hydrogen) atoms. The van der Waals surface area contributed by atoms with Crippen LogP contribution in [0.3, 0.4) is 0 Å². The van der Waals surface area contributed by atoms with Gasteiger partial charge in [0.1, 0.15) is 6.04 Å². The van der Waals surface area contributed by atoms with Gasteiger partial charge in [-0.3, -0.25) is 9.69 Å². The van der Waals surface area contributed by atoms with Crippen molar-refractivity contribution in [3.8, 4) is 0 Å². The van der Waals surface area contributed by atoms with Gasteiger partial charge in [0.15, 0.2) is 0 Å². The minimum absolute atomic E-state index is 0. The number of rotatable bonds is 3. The van der Waals surface area contributed by atoms with Crippen LogP contribution in [0, 0.1) is 5.92 Å². The maximum atomic E-state index is 11.5. The molecule has 1 N–H and O–H groups in total. The van der Waals surface area contributed by atoms with Gasteiger partial charge in [-0.2, -0.15) is 0 Å². The highest BCUT2D eigenvalue weighted by atomic mass is 35.5. The van der Waals surface area contributed by atoms with Gasteiger partial charge in [-0.15, -0.1) is 12.4 Å². The van der Waals surface area contributed by atoms with E-state index in [0.717, 1.165) is 13.0 Å². The molecule has 0 amide bonds. The summed E-state index contributed by atoms with van der Waals surface area (Å²) in [6, 6.07) is 10.4. The molecular weight excluding hydrogens is 274 g/mol. The summed E-state index contributed by atoms with van der Waals surface area (Å²) in [6.07, 6.45) is 5.74. The number of fused-ring (bicyclic) bond motifs is 1. The molecule has 1 heterocycles. The maximum Gasteiger partial charge on any atom is 0.320 e. The first-order valence-corrected chi connectivity index (χ1v) is 7.28. The minimum Gasteiger partial charge on any atom is -0.480 e. The van der Waals surface area contributed by atoms with E-state index in [1.165, 1.54) is 31.2 Å². The number of hydrogen-bond donors (Lipinski definition) is 1. The Morgan fingerprint density at radius 2 is 1.90 bits per heavy atom. The summed E-state index contributed by atoms with van der Waals surface area (Å²) in [6.45, 7) is 0.777. The second-order valence-corrected chi connectivity index (χ2v) is 5.86. The fourth-order valence-corrected chi connectivity index (χ4v) is 3.82. The quantitative estimate of drug-likeness (QED) is 0.930. The molecule has 1 aromatic carbocycles. The number of carboxylic acid groups (broad SMARTS) is 1. The van der Waals surface area contributed by atoms with Crippen LogP contribution < -0.4 is 0 Å². The summed E-state index contributed by atoms with van der Waals surface area (Å²) in [5.41, 5.74) is 1.22. The summed E-state index contributed by atoms with van der Waals surface area (Å²) in [7, 11) is 0. The van der Waals surface area contributed by atoms with Gasteiger partial charge in [-0.25, -0.2) is 0 Å². The Kier molecular flexibility index (Phi) is 5.06. The van der Waals surface area contributed by atoms with Crippen LogP contribution in [0.5, 0.6) is 0 Å². The number of likely N-dealkylation sites (tertiary alicyclic amines) is 1. The van der Waals surface area contributed by atoms with Crippen LogP contribution in [-0.4, -0.2) is 28.1 Å². The van der Waals surface area contributed by atoms with Gasteiger partial charge in [0.05, 0.1) is 0 Å². The van der Waals surface area contributed by atoms with Crippen LogP contribution in [0.4, 0.5) is 0 Å². The highest BCUT2D eigenvalue weighted by Crippen LogP contribution is 2.40. The Morgan fingerprint density at radius 3 is 2.60 bits per heavy atom. The smallest absolute Gasteiger partial charge is 0.320 e. The Morgan fingerprint density at radius 1 is 1.20 bits per heavy atom. The molecule has 4 heteroatoms. The molecule has 0 radical (unpaired) electrons. The van der Waals surface area contributed by atoms with E-state index in [4.69, 9.17) is 0 Å². The average molecular weight is 296 g/mol. The first kappa shape index (κ1) is 15.3. The largest absolute Gasteiger partial charge is 0.480 e. The fourth-order valence-electron chi connectivity index (χ4n) is 3.82. The highest BCUT2D eigenvalue weighted by molar-refractivity contribution is 5.85. The van der Waals surface area contributed by atoms with E-state index in [2.05, 4.69) is 17.0 Å². The molecule has 1 aliphatic heterocycles. The second kappa shape index (κ2) is 6.59. The van der Waals surface area contributed by atoms with E-state index in [-0.39, 0.29) is 18.4 Å². The number of benzene rings is 1. The maximum absolute atomic E-state index is 11.5. The Balaban J connectivity index is 0.00000147. The summed E-state index contributed by atoms with van der Waals surface area (Å²) in [5.74, 6) is -0.0520. The van der Waals surface area contributed by atoms with Gasteiger partial charge in [0.25, 0.3) is 0 Å². The lowest BCUT2D eigenvalue weighted by Gasteiger charge is -2.33. The Labute approximate surface area is 126 Å². The van der Waals surface area contributed by atoms with Crippen LogP contribution in [0.25, 0.3) is 0 Å². The highest BCUT2D eigenvalue weighted by Gasteiger charge is 2.44. The van der Waals surface area contributed by atoms with E-state index in [1.807, 2.05) is 18.2 Å². The lowest BCUT2D eigenvalue weighted by atomic mass is 9.84. The van der Waals surface area contributed by atoms with E-state index in [1.54, 1.807) is 0 Å². The van der Waals surface area contributed by atoms with Gasteiger partial charge in [0, 0.05) is 12.6 Å². The van der Waals surface area contributed by atoms with Crippen molar-refractivity contribution in [1.82, 2.24) is 4.90 Å². The van der Waals surface area contributed by atoms with Crippen molar-refractivity contribution in [3.63, 3.8) is 0 Å². The Hall–Kier alpha value is -1.06. The molecule has 3 rings (SSSR count). The molecule has 110 valence electrons. The van der Waals surface area contributed by atoms with Crippen molar-refractivity contribution in [2.75, 3.05) is 0 Å².